The lowest BCUT2D eigenvalue weighted by atomic mass is 10.1. The molecule has 0 amide bonds. The molecule has 1 rings (SSSR count). The molecule has 0 N–H and O–H groups in total. The molecule has 0 spiro atoms. The number of hydrogen-bond donors (Lipinski definition) is 0. The number of ether oxygens (including phenoxy) is 1. The first-order valence-electron chi connectivity index (χ1n) is 5.18. The molecular formula is C11H16N2O3. The molecule has 0 aliphatic carbocycles. The van der Waals surface area contributed by atoms with Gasteiger partial charge in [-0.25, -0.2) is 0 Å². The molecule has 0 atom stereocenters. The van der Waals surface area contributed by atoms with E-state index in [1.54, 1.807) is 20.8 Å². The van der Waals surface area contributed by atoms with Gasteiger partial charge in [0.05, 0.1) is 17.9 Å². The number of carbonyl (C=O) groups is 2. The van der Waals surface area contributed by atoms with E-state index in [1.807, 2.05) is 0 Å². The zero-order chi connectivity index (χ0) is 12.3. The lowest BCUT2D eigenvalue weighted by Crippen LogP contribution is -2.15. The van der Waals surface area contributed by atoms with Gasteiger partial charge in [-0.1, -0.05) is 0 Å². The number of hydrogen-bond acceptors (Lipinski definition) is 4. The number of Topliss-reactive ketones (excluding diaryl/α,β-unsaturated/α-hetero) is 1. The van der Waals surface area contributed by atoms with Crippen molar-refractivity contribution in [1.82, 2.24) is 9.78 Å². The molecule has 0 aliphatic rings. The van der Waals surface area contributed by atoms with Crippen LogP contribution in [0.25, 0.3) is 0 Å². The van der Waals surface area contributed by atoms with Gasteiger partial charge in [-0.3, -0.25) is 14.3 Å². The van der Waals surface area contributed by atoms with E-state index < -0.39 is 0 Å². The molecule has 0 radical (unpaired) electrons. The van der Waals surface area contributed by atoms with Crippen molar-refractivity contribution >= 4 is 11.8 Å². The molecule has 0 saturated carbocycles. The Morgan fingerprint density at radius 3 is 2.44 bits per heavy atom. The summed E-state index contributed by atoms with van der Waals surface area (Å²) in [6.45, 7) is 7.17. The van der Waals surface area contributed by atoms with Crippen molar-refractivity contribution in [2.24, 2.45) is 0 Å². The van der Waals surface area contributed by atoms with E-state index in [1.165, 1.54) is 11.6 Å². The predicted octanol–water partition coefficient (Wildman–Crippen LogP) is 1.27. The Hall–Kier alpha value is -1.65. The molecule has 1 heterocycles. The highest BCUT2D eigenvalue weighted by atomic mass is 16.5. The fourth-order valence-electron chi connectivity index (χ4n) is 1.69. The molecule has 0 unspecified atom stereocenters. The molecule has 0 fully saturated rings. The number of aryl methyl sites for hydroxylation is 1. The number of rotatable bonds is 4. The zero-order valence-corrected chi connectivity index (χ0v) is 10.0. The Balaban J connectivity index is 2.95. The monoisotopic (exact) mass is 224 g/mol. The molecule has 0 bridgehead atoms. The van der Waals surface area contributed by atoms with E-state index in [9.17, 15) is 9.59 Å². The highest BCUT2D eigenvalue weighted by Crippen LogP contribution is 2.13. The number of aromatic nitrogens is 2. The van der Waals surface area contributed by atoms with Gasteiger partial charge in [0.2, 0.25) is 0 Å². The zero-order valence-electron chi connectivity index (χ0n) is 10.0. The third-order valence-electron chi connectivity index (χ3n) is 2.32. The fourth-order valence-corrected chi connectivity index (χ4v) is 1.69. The molecule has 1 aromatic heterocycles. The average Bonchev–Trinajstić information content (AvgIpc) is 2.42. The van der Waals surface area contributed by atoms with Crippen LogP contribution in [0.5, 0.6) is 0 Å². The van der Waals surface area contributed by atoms with Gasteiger partial charge < -0.3 is 4.74 Å². The Bertz CT molecular complexity index is 421. The van der Waals surface area contributed by atoms with Gasteiger partial charge in [0, 0.05) is 5.69 Å². The van der Waals surface area contributed by atoms with E-state index in [2.05, 4.69) is 5.10 Å². The number of carbonyl (C=O) groups excluding carboxylic acids is 2. The van der Waals surface area contributed by atoms with Crippen LogP contribution in [-0.2, 0) is 16.1 Å². The molecule has 1 aromatic rings. The van der Waals surface area contributed by atoms with E-state index in [0.29, 0.717) is 23.6 Å². The quantitative estimate of drug-likeness (QED) is 0.570. The summed E-state index contributed by atoms with van der Waals surface area (Å²) in [5, 5.41) is 4.15. The Kier molecular flexibility index (Phi) is 3.82. The highest BCUT2D eigenvalue weighted by molar-refractivity contribution is 5.96. The number of ketones is 1. The third-order valence-corrected chi connectivity index (χ3v) is 2.32. The van der Waals surface area contributed by atoms with Crippen LogP contribution in [0.4, 0.5) is 0 Å². The normalized spacial score (nSPS) is 10.2. The van der Waals surface area contributed by atoms with Gasteiger partial charge in [0.1, 0.15) is 6.54 Å². The van der Waals surface area contributed by atoms with Crippen LogP contribution >= 0.6 is 0 Å². The summed E-state index contributed by atoms with van der Waals surface area (Å²) in [7, 11) is 0. The summed E-state index contributed by atoms with van der Waals surface area (Å²) in [6, 6.07) is 0. The maximum Gasteiger partial charge on any atom is 0.327 e. The Morgan fingerprint density at radius 2 is 2.00 bits per heavy atom. The summed E-state index contributed by atoms with van der Waals surface area (Å²) in [4.78, 5) is 22.6. The molecule has 0 saturated heterocycles. The predicted molar refractivity (Wildman–Crippen MR) is 58.3 cm³/mol. The maximum absolute atomic E-state index is 11.3. The van der Waals surface area contributed by atoms with Crippen LogP contribution in [0.1, 0.15) is 35.6 Å². The van der Waals surface area contributed by atoms with Crippen molar-refractivity contribution in [1.29, 1.82) is 0 Å². The van der Waals surface area contributed by atoms with Crippen LogP contribution in [-0.4, -0.2) is 28.1 Å². The van der Waals surface area contributed by atoms with Crippen LogP contribution in [0.3, 0.4) is 0 Å². The van der Waals surface area contributed by atoms with Gasteiger partial charge >= 0.3 is 5.97 Å². The van der Waals surface area contributed by atoms with E-state index in [0.717, 1.165) is 0 Å². The molecule has 0 aliphatic heterocycles. The Labute approximate surface area is 94.4 Å². The van der Waals surface area contributed by atoms with Crippen LogP contribution in [0, 0.1) is 13.8 Å². The minimum atomic E-state index is -0.344. The fraction of sp³-hybridized carbons (Fsp3) is 0.545. The van der Waals surface area contributed by atoms with Crippen LogP contribution in [0.2, 0.25) is 0 Å². The van der Waals surface area contributed by atoms with Crippen molar-refractivity contribution in [3.8, 4) is 0 Å². The summed E-state index contributed by atoms with van der Waals surface area (Å²) < 4.78 is 6.33. The molecule has 88 valence electrons. The van der Waals surface area contributed by atoms with Crippen molar-refractivity contribution in [3.63, 3.8) is 0 Å². The SMILES string of the molecule is CCOC(=O)Cn1nc(C)c(C(C)=O)c1C. The largest absolute Gasteiger partial charge is 0.465 e. The van der Waals surface area contributed by atoms with E-state index >= 15 is 0 Å². The molecule has 5 nitrogen and oxygen atoms in total. The van der Waals surface area contributed by atoms with Gasteiger partial charge in [0.25, 0.3) is 0 Å². The van der Waals surface area contributed by atoms with Crippen molar-refractivity contribution < 1.29 is 14.3 Å². The summed E-state index contributed by atoms with van der Waals surface area (Å²) in [5.74, 6) is -0.381. The summed E-state index contributed by atoms with van der Waals surface area (Å²) >= 11 is 0. The lowest BCUT2D eigenvalue weighted by molar-refractivity contribution is -0.144. The van der Waals surface area contributed by atoms with Crippen molar-refractivity contribution in [3.05, 3.63) is 17.0 Å². The van der Waals surface area contributed by atoms with Crippen molar-refractivity contribution in [2.45, 2.75) is 34.2 Å². The molecule has 0 aromatic carbocycles. The van der Waals surface area contributed by atoms with E-state index in [4.69, 9.17) is 4.74 Å². The van der Waals surface area contributed by atoms with Gasteiger partial charge in [-0.2, -0.15) is 5.10 Å². The van der Waals surface area contributed by atoms with Crippen LogP contribution < -0.4 is 0 Å². The minimum Gasteiger partial charge on any atom is -0.465 e. The second-order valence-corrected chi connectivity index (χ2v) is 3.56. The minimum absolute atomic E-state index is 0.0369. The molecular weight excluding hydrogens is 208 g/mol. The first-order chi connectivity index (χ1) is 7.47. The van der Waals surface area contributed by atoms with Crippen LogP contribution in [0.15, 0.2) is 0 Å². The third kappa shape index (κ3) is 2.48. The number of esters is 1. The Morgan fingerprint density at radius 1 is 1.38 bits per heavy atom. The highest BCUT2D eigenvalue weighted by Gasteiger charge is 2.16. The second-order valence-electron chi connectivity index (χ2n) is 3.56. The lowest BCUT2D eigenvalue weighted by Gasteiger charge is -2.04. The standard InChI is InChI=1S/C11H16N2O3/c1-5-16-10(15)6-13-8(3)11(9(4)14)7(2)12-13/h5-6H2,1-4H3. The average molecular weight is 224 g/mol. The maximum atomic E-state index is 11.3. The van der Waals surface area contributed by atoms with Gasteiger partial charge in [-0.15, -0.1) is 0 Å². The second kappa shape index (κ2) is 4.92. The van der Waals surface area contributed by atoms with Gasteiger partial charge in [-0.05, 0) is 27.7 Å². The van der Waals surface area contributed by atoms with E-state index in [-0.39, 0.29) is 18.3 Å². The van der Waals surface area contributed by atoms with Crippen molar-refractivity contribution in [2.75, 3.05) is 6.61 Å². The van der Waals surface area contributed by atoms with Gasteiger partial charge in [0.15, 0.2) is 5.78 Å². The summed E-state index contributed by atoms with van der Waals surface area (Å²) in [5.41, 5.74) is 1.94. The molecule has 16 heavy (non-hydrogen) atoms. The summed E-state index contributed by atoms with van der Waals surface area (Å²) in [6.07, 6.45) is 0. The molecule has 5 heteroatoms. The number of nitrogens with zero attached hydrogens (tertiary/aromatic N) is 2. The smallest absolute Gasteiger partial charge is 0.327 e. The topological polar surface area (TPSA) is 61.2 Å². The first kappa shape index (κ1) is 12.4. The first-order valence-corrected chi connectivity index (χ1v) is 5.18.